The smallest absolute Gasteiger partial charge is 0.122 e. The molecule has 2 fully saturated rings. The van der Waals surface area contributed by atoms with Crippen LogP contribution in [0.25, 0.3) is 0 Å². The van der Waals surface area contributed by atoms with Gasteiger partial charge in [-0.25, -0.2) is 0 Å². The second-order valence-electron chi connectivity index (χ2n) is 4.80. The van der Waals surface area contributed by atoms with Gasteiger partial charge in [-0.05, 0) is 30.9 Å². The number of rotatable bonds is 2. The Morgan fingerprint density at radius 1 is 1.33 bits per heavy atom. The lowest BCUT2D eigenvalue weighted by molar-refractivity contribution is 0.406. The largest absolute Gasteiger partial charge is 0.496 e. The summed E-state index contributed by atoms with van der Waals surface area (Å²) in [5.74, 6) is 1.69. The van der Waals surface area contributed by atoms with Crippen molar-refractivity contribution in [1.82, 2.24) is 5.32 Å². The van der Waals surface area contributed by atoms with E-state index in [1.165, 1.54) is 24.8 Å². The molecule has 2 heteroatoms. The minimum Gasteiger partial charge on any atom is -0.496 e. The standard InChI is InChI=1S/C13H17NO/c1-15-12-5-3-2-4-11(12)10-8-13(6-7-13)14-9-10/h2-5,10,14H,6-9H2,1H3. The highest BCUT2D eigenvalue weighted by Gasteiger charge is 2.48. The van der Waals surface area contributed by atoms with Crippen LogP contribution in [0.15, 0.2) is 24.3 Å². The first-order chi connectivity index (χ1) is 7.33. The zero-order valence-electron chi connectivity index (χ0n) is 9.12. The number of nitrogens with one attached hydrogen (secondary N) is 1. The third-order valence-corrected chi connectivity index (χ3v) is 3.79. The molecule has 1 spiro atoms. The van der Waals surface area contributed by atoms with E-state index in [1.54, 1.807) is 7.11 Å². The molecule has 1 aromatic carbocycles. The Morgan fingerprint density at radius 3 is 2.80 bits per heavy atom. The van der Waals surface area contributed by atoms with Crippen molar-refractivity contribution < 1.29 is 4.74 Å². The van der Waals surface area contributed by atoms with Crippen molar-refractivity contribution in [3.63, 3.8) is 0 Å². The molecule has 0 radical (unpaired) electrons. The Hall–Kier alpha value is -1.02. The molecule has 2 aliphatic rings. The summed E-state index contributed by atoms with van der Waals surface area (Å²) in [5.41, 5.74) is 1.88. The second-order valence-corrected chi connectivity index (χ2v) is 4.80. The van der Waals surface area contributed by atoms with Crippen LogP contribution in [-0.2, 0) is 0 Å². The van der Waals surface area contributed by atoms with Crippen molar-refractivity contribution in [3.05, 3.63) is 29.8 Å². The Morgan fingerprint density at radius 2 is 2.13 bits per heavy atom. The van der Waals surface area contributed by atoms with Gasteiger partial charge in [-0.2, -0.15) is 0 Å². The van der Waals surface area contributed by atoms with Gasteiger partial charge >= 0.3 is 0 Å². The van der Waals surface area contributed by atoms with Crippen LogP contribution in [0.3, 0.4) is 0 Å². The van der Waals surface area contributed by atoms with Gasteiger partial charge in [0, 0.05) is 18.0 Å². The minimum absolute atomic E-state index is 0.505. The van der Waals surface area contributed by atoms with Crippen molar-refractivity contribution in [2.45, 2.75) is 30.7 Å². The number of para-hydroxylation sites is 1. The molecule has 3 rings (SSSR count). The summed E-state index contributed by atoms with van der Waals surface area (Å²) in [6.45, 7) is 1.11. The van der Waals surface area contributed by atoms with Crippen molar-refractivity contribution in [2.75, 3.05) is 13.7 Å². The molecule has 1 aliphatic heterocycles. The molecule has 1 heterocycles. The average molecular weight is 203 g/mol. The Bertz CT molecular complexity index is 371. The molecule has 0 aromatic heterocycles. The molecule has 2 nitrogen and oxygen atoms in total. The lowest BCUT2D eigenvalue weighted by Crippen LogP contribution is -2.22. The zero-order valence-corrected chi connectivity index (χ0v) is 9.12. The van der Waals surface area contributed by atoms with Crippen LogP contribution >= 0.6 is 0 Å². The highest BCUT2D eigenvalue weighted by Crippen LogP contribution is 2.48. The molecule has 80 valence electrons. The Kier molecular flexibility index (Phi) is 1.99. The molecular formula is C13H17NO. The topological polar surface area (TPSA) is 21.3 Å². The van der Waals surface area contributed by atoms with E-state index >= 15 is 0 Å². The van der Waals surface area contributed by atoms with Gasteiger partial charge in [-0.15, -0.1) is 0 Å². The third kappa shape index (κ3) is 1.53. The summed E-state index contributed by atoms with van der Waals surface area (Å²) < 4.78 is 5.42. The van der Waals surface area contributed by atoms with E-state index in [4.69, 9.17) is 4.74 Å². The number of methoxy groups -OCH3 is 1. The quantitative estimate of drug-likeness (QED) is 0.796. The molecule has 0 bridgehead atoms. The van der Waals surface area contributed by atoms with E-state index in [1.807, 2.05) is 6.07 Å². The summed E-state index contributed by atoms with van der Waals surface area (Å²) >= 11 is 0. The van der Waals surface area contributed by atoms with E-state index in [2.05, 4.69) is 23.5 Å². The summed E-state index contributed by atoms with van der Waals surface area (Å²) in [7, 11) is 1.76. The van der Waals surface area contributed by atoms with E-state index in [0.29, 0.717) is 11.5 Å². The van der Waals surface area contributed by atoms with Gasteiger partial charge in [0.1, 0.15) is 5.75 Å². The van der Waals surface area contributed by atoms with Crippen LogP contribution in [-0.4, -0.2) is 19.2 Å². The van der Waals surface area contributed by atoms with Crippen LogP contribution in [0, 0.1) is 0 Å². The SMILES string of the molecule is COc1ccccc1C1CNC2(CC2)C1. The first-order valence-electron chi connectivity index (χ1n) is 5.71. The Balaban J connectivity index is 1.86. The number of hydrogen-bond donors (Lipinski definition) is 1. The molecule has 1 aromatic rings. The fraction of sp³-hybridized carbons (Fsp3) is 0.538. The summed E-state index contributed by atoms with van der Waals surface area (Å²) in [5, 5.41) is 3.65. The van der Waals surface area contributed by atoms with Gasteiger partial charge in [0.25, 0.3) is 0 Å². The van der Waals surface area contributed by atoms with Crippen molar-refractivity contribution in [3.8, 4) is 5.75 Å². The van der Waals surface area contributed by atoms with Gasteiger partial charge in [-0.3, -0.25) is 0 Å². The summed E-state index contributed by atoms with van der Waals surface area (Å²) in [6, 6.07) is 8.41. The summed E-state index contributed by atoms with van der Waals surface area (Å²) in [4.78, 5) is 0. The van der Waals surface area contributed by atoms with Crippen LogP contribution in [0.1, 0.15) is 30.7 Å². The molecule has 1 saturated carbocycles. The zero-order chi connectivity index (χ0) is 10.3. The van der Waals surface area contributed by atoms with Crippen molar-refractivity contribution >= 4 is 0 Å². The van der Waals surface area contributed by atoms with Crippen LogP contribution in [0.4, 0.5) is 0 Å². The maximum atomic E-state index is 5.42. The highest BCUT2D eigenvalue weighted by atomic mass is 16.5. The van der Waals surface area contributed by atoms with Crippen LogP contribution in [0.5, 0.6) is 5.75 Å². The van der Waals surface area contributed by atoms with Crippen molar-refractivity contribution in [1.29, 1.82) is 0 Å². The van der Waals surface area contributed by atoms with E-state index in [-0.39, 0.29) is 0 Å². The molecule has 1 saturated heterocycles. The minimum atomic E-state index is 0.505. The highest BCUT2D eigenvalue weighted by molar-refractivity contribution is 5.38. The number of hydrogen-bond acceptors (Lipinski definition) is 2. The van der Waals surface area contributed by atoms with E-state index in [0.717, 1.165) is 12.3 Å². The number of benzene rings is 1. The molecule has 1 N–H and O–H groups in total. The molecule has 15 heavy (non-hydrogen) atoms. The van der Waals surface area contributed by atoms with Gasteiger partial charge in [0.2, 0.25) is 0 Å². The maximum absolute atomic E-state index is 5.42. The van der Waals surface area contributed by atoms with E-state index in [9.17, 15) is 0 Å². The maximum Gasteiger partial charge on any atom is 0.122 e. The lowest BCUT2D eigenvalue weighted by atomic mass is 9.95. The first-order valence-corrected chi connectivity index (χ1v) is 5.71. The van der Waals surface area contributed by atoms with Gasteiger partial charge in [0.15, 0.2) is 0 Å². The molecule has 1 unspecified atom stereocenters. The fourth-order valence-electron chi connectivity index (χ4n) is 2.71. The van der Waals surface area contributed by atoms with Gasteiger partial charge in [0.05, 0.1) is 7.11 Å². The molecular weight excluding hydrogens is 186 g/mol. The van der Waals surface area contributed by atoms with E-state index < -0.39 is 0 Å². The van der Waals surface area contributed by atoms with Crippen molar-refractivity contribution in [2.24, 2.45) is 0 Å². The number of ether oxygens (including phenoxy) is 1. The third-order valence-electron chi connectivity index (χ3n) is 3.79. The molecule has 1 aliphatic carbocycles. The Labute approximate surface area is 90.6 Å². The fourth-order valence-corrected chi connectivity index (χ4v) is 2.71. The predicted molar refractivity (Wildman–Crippen MR) is 60.3 cm³/mol. The van der Waals surface area contributed by atoms with Crippen LogP contribution < -0.4 is 10.1 Å². The van der Waals surface area contributed by atoms with Gasteiger partial charge in [-0.1, -0.05) is 18.2 Å². The molecule has 1 atom stereocenters. The predicted octanol–water partition coefficient (Wildman–Crippen LogP) is 2.30. The lowest BCUT2D eigenvalue weighted by Gasteiger charge is -2.13. The second kappa shape index (κ2) is 3.24. The van der Waals surface area contributed by atoms with Gasteiger partial charge < -0.3 is 10.1 Å². The monoisotopic (exact) mass is 203 g/mol. The normalized spacial score (nSPS) is 26.9. The van der Waals surface area contributed by atoms with Crippen LogP contribution in [0.2, 0.25) is 0 Å². The average Bonchev–Trinajstić information content (AvgIpc) is 2.89. The first kappa shape index (κ1) is 9.22. The molecule has 0 amide bonds. The summed E-state index contributed by atoms with van der Waals surface area (Å²) in [6.07, 6.45) is 4.00.